The molecule has 0 aromatic rings. The van der Waals surface area contributed by atoms with E-state index in [1.165, 1.54) is 6.42 Å². The van der Waals surface area contributed by atoms with Crippen LogP contribution in [0.4, 0.5) is 0 Å². The third-order valence-electron chi connectivity index (χ3n) is 2.22. The second kappa shape index (κ2) is 14.2. The maximum absolute atomic E-state index is 11.2. The van der Waals surface area contributed by atoms with Crippen molar-refractivity contribution in [1.82, 2.24) is 5.32 Å². The van der Waals surface area contributed by atoms with E-state index >= 15 is 0 Å². The van der Waals surface area contributed by atoms with Crippen LogP contribution in [0.3, 0.4) is 0 Å². The summed E-state index contributed by atoms with van der Waals surface area (Å²) >= 11 is 0. The van der Waals surface area contributed by atoms with Gasteiger partial charge >= 0.3 is 0 Å². The molecule has 0 aromatic carbocycles. The molecule has 18 heavy (non-hydrogen) atoms. The molecule has 0 spiro atoms. The van der Waals surface area contributed by atoms with E-state index < -0.39 is 0 Å². The van der Waals surface area contributed by atoms with Gasteiger partial charge in [-0.15, -0.1) is 0 Å². The molecule has 0 aromatic heterocycles. The molecule has 0 fully saturated rings. The summed E-state index contributed by atoms with van der Waals surface area (Å²) in [6.45, 7) is 18.3. The number of nitrogens with zero attached hydrogens (tertiary/aromatic N) is 1. The van der Waals surface area contributed by atoms with Crippen LogP contribution in [0, 0.1) is 0 Å². The molecule has 0 rings (SSSR count). The zero-order chi connectivity index (χ0) is 15.2. The second-order valence-electron chi connectivity index (χ2n) is 4.42. The van der Waals surface area contributed by atoms with Gasteiger partial charge in [-0.2, -0.15) is 0 Å². The van der Waals surface area contributed by atoms with Crippen molar-refractivity contribution in [2.45, 2.75) is 48.0 Å². The van der Waals surface area contributed by atoms with Gasteiger partial charge in [-0.05, 0) is 13.3 Å². The fraction of sp³-hybridized carbons (Fsp3) is 0.800. The van der Waals surface area contributed by atoms with Crippen LogP contribution in [0.15, 0.2) is 12.2 Å². The molecule has 0 unspecified atom stereocenters. The topological polar surface area (TPSA) is 29.1 Å². The molecule has 1 N–H and O–H groups in total. The second-order valence-corrected chi connectivity index (χ2v) is 4.42. The summed E-state index contributed by atoms with van der Waals surface area (Å²) in [5.74, 6) is -0.0403. The van der Waals surface area contributed by atoms with E-state index in [4.69, 9.17) is 0 Å². The Morgan fingerprint density at radius 1 is 1.11 bits per heavy atom. The molecule has 1 amide bonds. The highest BCUT2D eigenvalue weighted by Gasteiger charge is 2.13. The van der Waals surface area contributed by atoms with E-state index in [9.17, 15) is 4.79 Å². The van der Waals surface area contributed by atoms with E-state index in [1.54, 1.807) is 6.92 Å². The van der Waals surface area contributed by atoms with Crippen molar-refractivity contribution in [3.63, 3.8) is 0 Å². The normalized spacial score (nSPS) is 9.33. The van der Waals surface area contributed by atoms with Gasteiger partial charge in [0, 0.05) is 5.57 Å². The van der Waals surface area contributed by atoms with Gasteiger partial charge in [0.25, 0.3) is 0 Å². The molecule has 0 aliphatic heterocycles. The Balaban J connectivity index is -0.000000506. The van der Waals surface area contributed by atoms with Gasteiger partial charge in [0.05, 0.1) is 33.7 Å². The summed E-state index contributed by atoms with van der Waals surface area (Å²) in [5, 5.41) is 2.84. The number of carbonyl (C=O) groups is 1. The lowest BCUT2D eigenvalue weighted by Crippen LogP contribution is -2.45. The van der Waals surface area contributed by atoms with Crippen LogP contribution in [-0.4, -0.2) is 44.1 Å². The SMILES string of the molecule is C=C(C)C(=O)NCC[N+](C)(C)CCC.CC.CC. The summed E-state index contributed by atoms with van der Waals surface area (Å²) < 4.78 is 0.951. The molecule has 0 saturated carbocycles. The molecular formula is C15H35N2O+. The van der Waals surface area contributed by atoms with E-state index in [-0.39, 0.29) is 5.91 Å². The number of quaternary nitrogens is 1. The van der Waals surface area contributed by atoms with Crippen molar-refractivity contribution >= 4 is 5.91 Å². The number of amides is 1. The van der Waals surface area contributed by atoms with Crippen molar-refractivity contribution in [3.8, 4) is 0 Å². The van der Waals surface area contributed by atoms with Crippen LogP contribution < -0.4 is 5.32 Å². The van der Waals surface area contributed by atoms with Crippen molar-refractivity contribution in [1.29, 1.82) is 0 Å². The highest BCUT2D eigenvalue weighted by molar-refractivity contribution is 5.91. The van der Waals surface area contributed by atoms with Crippen LogP contribution in [0.25, 0.3) is 0 Å². The molecule has 3 heteroatoms. The van der Waals surface area contributed by atoms with Crippen LogP contribution in [0.1, 0.15) is 48.0 Å². The quantitative estimate of drug-likeness (QED) is 0.576. The molecule has 0 heterocycles. The van der Waals surface area contributed by atoms with Gasteiger partial charge in [-0.3, -0.25) is 4.79 Å². The molecule has 0 saturated heterocycles. The summed E-state index contributed by atoms with van der Waals surface area (Å²) in [6.07, 6.45) is 1.17. The van der Waals surface area contributed by atoms with Crippen molar-refractivity contribution in [2.75, 3.05) is 33.7 Å². The third-order valence-corrected chi connectivity index (χ3v) is 2.22. The molecule has 3 nitrogen and oxygen atoms in total. The van der Waals surface area contributed by atoms with Crippen LogP contribution >= 0.6 is 0 Å². The first-order valence-electron chi connectivity index (χ1n) is 7.15. The Kier molecular flexibility index (Phi) is 17.7. The third kappa shape index (κ3) is 15.2. The standard InChI is InChI=1S/C11H22N2O.2C2H6/c1-6-8-13(4,5)9-7-12-11(14)10(2)3;2*1-2/h2,6-9H2,1,3-5H3;2*1-2H3/p+1. The Morgan fingerprint density at radius 2 is 1.56 bits per heavy atom. The van der Waals surface area contributed by atoms with E-state index in [0.29, 0.717) is 5.57 Å². The van der Waals surface area contributed by atoms with E-state index in [1.807, 2.05) is 27.7 Å². The Morgan fingerprint density at radius 3 is 1.89 bits per heavy atom. The van der Waals surface area contributed by atoms with Gasteiger partial charge in [-0.25, -0.2) is 0 Å². The minimum atomic E-state index is -0.0403. The highest BCUT2D eigenvalue weighted by atomic mass is 16.1. The molecular weight excluding hydrogens is 224 g/mol. The smallest absolute Gasteiger partial charge is 0.246 e. The first-order chi connectivity index (χ1) is 8.39. The predicted molar refractivity (Wildman–Crippen MR) is 82.7 cm³/mol. The number of hydrogen-bond acceptors (Lipinski definition) is 1. The first kappa shape index (κ1) is 22.4. The summed E-state index contributed by atoms with van der Waals surface area (Å²) in [4.78, 5) is 11.2. The van der Waals surface area contributed by atoms with Gasteiger partial charge < -0.3 is 9.80 Å². The Labute approximate surface area is 115 Å². The number of likely N-dealkylation sites (N-methyl/N-ethyl adjacent to an activating group) is 1. The van der Waals surface area contributed by atoms with Gasteiger partial charge in [-0.1, -0.05) is 41.2 Å². The first-order valence-corrected chi connectivity index (χ1v) is 7.15. The monoisotopic (exact) mass is 259 g/mol. The predicted octanol–water partition coefficient (Wildman–Crippen LogP) is 3.22. The zero-order valence-electron chi connectivity index (χ0n) is 13.9. The largest absolute Gasteiger partial charge is 0.347 e. The summed E-state index contributed by atoms with van der Waals surface area (Å²) in [5.41, 5.74) is 0.575. The number of rotatable bonds is 6. The average molecular weight is 259 g/mol. The lowest BCUT2D eigenvalue weighted by atomic mass is 10.3. The maximum Gasteiger partial charge on any atom is 0.246 e. The van der Waals surface area contributed by atoms with Crippen molar-refractivity contribution < 1.29 is 9.28 Å². The molecule has 110 valence electrons. The Hall–Kier alpha value is -0.830. The fourth-order valence-electron chi connectivity index (χ4n) is 1.34. The van der Waals surface area contributed by atoms with Crippen LogP contribution in [0.5, 0.6) is 0 Å². The minimum Gasteiger partial charge on any atom is -0.347 e. The van der Waals surface area contributed by atoms with E-state index in [2.05, 4.69) is 32.9 Å². The van der Waals surface area contributed by atoms with Gasteiger partial charge in [0.2, 0.25) is 5.91 Å². The van der Waals surface area contributed by atoms with Crippen LogP contribution in [0.2, 0.25) is 0 Å². The highest BCUT2D eigenvalue weighted by Crippen LogP contribution is 1.97. The minimum absolute atomic E-state index is 0.0403. The van der Waals surface area contributed by atoms with Gasteiger partial charge in [0.1, 0.15) is 0 Å². The summed E-state index contributed by atoms with van der Waals surface area (Å²) in [7, 11) is 4.35. The summed E-state index contributed by atoms with van der Waals surface area (Å²) in [6, 6.07) is 0. The average Bonchev–Trinajstić information content (AvgIpc) is 2.33. The lowest BCUT2D eigenvalue weighted by Gasteiger charge is -2.29. The molecule has 0 atom stereocenters. The lowest BCUT2D eigenvalue weighted by molar-refractivity contribution is -0.889. The molecule has 0 aliphatic rings. The number of carbonyl (C=O) groups excluding carboxylic acids is 1. The van der Waals surface area contributed by atoms with Crippen LogP contribution in [-0.2, 0) is 4.79 Å². The fourth-order valence-corrected chi connectivity index (χ4v) is 1.34. The molecule has 0 radical (unpaired) electrons. The number of nitrogens with one attached hydrogen (secondary N) is 1. The van der Waals surface area contributed by atoms with Crippen molar-refractivity contribution in [2.24, 2.45) is 0 Å². The number of hydrogen-bond donors (Lipinski definition) is 1. The Bertz CT molecular complexity index is 211. The molecule has 0 aliphatic carbocycles. The van der Waals surface area contributed by atoms with Crippen molar-refractivity contribution in [3.05, 3.63) is 12.2 Å². The maximum atomic E-state index is 11.2. The molecule has 0 bridgehead atoms. The zero-order valence-corrected chi connectivity index (χ0v) is 13.9. The van der Waals surface area contributed by atoms with Gasteiger partial charge in [0.15, 0.2) is 0 Å². The van der Waals surface area contributed by atoms with E-state index in [0.717, 1.165) is 24.1 Å².